The molecule has 1 aliphatic rings. The maximum absolute atomic E-state index is 12.4. The summed E-state index contributed by atoms with van der Waals surface area (Å²) in [6.07, 6.45) is 0. The van der Waals surface area contributed by atoms with Gasteiger partial charge in [-0.25, -0.2) is 0 Å². The minimum atomic E-state index is -0.221. The Morgan fingerprint density at radius 3 is 2.38 bits per heavy atom. The number of quaternary nitrogens is 1. The molecule has 1 aromatic carbocycles. The highest BCUT2D eigenvalue weighted by molar-refractivity contribution is 7.12. The molecule has 3 rings (SSSR count). The lowest BCUT2D eigenvalue weighted by Crippen LogP contribution is -3.15. The van der Waals surface area contributed by atoms with Crippen molar-refractivity contribution in [3.05, 3.63) is 51.7 Å². The summed E-state index contributed by atoms with van der Waals surface area (Å²) in [4.78, 5) is 40.2. The summed E-state index contributed by atoms with van der Waals surface area (Å²) >= 11 is 1.35. The average molecular weight is 416 g/mol. The Bertz CT molecular complexity index is 854. The van der Waals surface area contributed by atoms with E-state index in [-0.39, 0.29) is 24.3 Å². The Morgan fingerprint density at radius 2 is 1.76 bits per heavy atom. The second-order valence-corrected chi connectivity index (χ2v) is 8.23. The Labute approximate surface area is 174 Å². The van der Waals surface area contributed by atoms with Crippen molar-refractivity contribution in [2.75, 3.05) is 44.6 Å². The molecule has 3 N–H and O–H groups in total. The van der Waals surface area contributed by atoms with Crippen LogP contribution in [0.3, 0.4) is 0 Å². The fourth-order valence-electron chi connectivity index (χ4n) is 3.43. The van der Waals surface area contributed by atoms with Gasteiger partial charge in [0.2, 0.25) is 5.91 Å². The predicted octanol–water partition coefficient (Wildman–Crippen LogP) is 0.461. The van der Waals surface area contributed by atoms with Gasteiger partial charge in [-0.3, -0.25) is 14.4 Å². The zero-order valence-electron chi connectivity index (χ0n) is 16.8. The topological polar surface area (TPSA) is 82.9 Å². The van der Waals surface area contributed by atoms with Crippen LogP contribution in [-0.2, 0) is 9.59 Å². The second-order valence-electron chi connectivity index (χ2n) is 7.28. The molecule has 3 amide bonds. The molecule has 29 heavy (non-hydrogen) atoms. The lowest BCUT2D eigenvalue weighted by atomic mass is 10.1. The summed E-state index contributed by atoms with van der Waals surface area (Å²) in [6.45, 7) is 6.94. The number of piperazine rings is 1. The molecule has 0 spiro atoms. The Hall–Kier alpha value is -2.71. The zero-order chi connectivity index (χ0) is 20.8. The van der Waals surface area contributed by atoms with E-state index in [1.807, 2.05) is 37.4 Å². The van der Waals surface area contributed by atoms with Gasteiger partial charge in [0.05, 0.1) is 37.6 Å². The maximum Gasteiger partial charge on any atom is 0.279 e. The fourth-order valence-corrected chi connectivity index (χ4v) is 4.07. The average Bonchev–Trinajstić information content (AvgIpc) is 3.24. The van der Waals surface area contributed by atoms with Crippen molar-refractivity contribution < 1.29 is 19.3 Å². The largest absolute Gasteiger partial charge is 0.342 e. The highest BCUT2D eigenvalue weighted by atomic mass is 32.1. The highest BCUT2D eigenvalue weighted by Gasteiger charge is 2.25. The smallest absolute Gasteiger partial charge is 0.279 e. The molecule has 1 saturated heterocycles. The number of nitrogens with zero attached hydrogens (tertiary/aromatic N) is 1. The summed E-state index contributed by atoms with van der Waals surface area (Å²) in [5.41, 5.74) is 2.98. The van der Waals surface area contributed by atoms with Gasteiger partial charge in [-0.2, -0.15) is 0 Å². The number of rotatable bonds is 6. The van der Waals surface area contributed by atoms with Gasteiger partial charge in [0, 0.05) is 5.69 Å². The molecule has 7 nitrogen and oxygen atoms in total. The standard InChI is InChI=1S/C21H26N4O3S/c1-15-5-3-6-16(2)20(15)23-18(26)14-24-8-10-25(11-9-24)19(27)13-22-21(28)17-7-4-12-29-17/h3-7,12H,8-11,13-14H2,1-2H3,(H,22,28)(H,23,26)/p+1. The minimum absolute atomic E-state index is 0.000879. The van der Waals surface area contributed by atoms with Crippen LogP contribution in [0.15, 0.2) is 35.7 Å². The quantitative estimate of drug-likeness (QED) is 0.641. The van der Waals surface area contributed by atoms with Crippen LogP contribution in [0.1, 0.15) is 20.8 Å². The van der Waals surface area contributed by atoms with E-state index in [2.05, 4.69) is 10.6 Å². The van der Waals surface area contributed by atoms with Gasteiger partial charge in [-0.1, -0.05) is 24.3 Å². The fraction of sp³-hybridized carbons (Fsp3) is 0.381. The molecule has 0 unspecified atom stereocenters. The number of amides is 3. The number of thiophene rings is 1. The Kier molecular flexibility index (Phi) is 7.00. The number of anilines is 1. The van der Waals surface area contributed by atoms with Crippen molar-refractivity contribution in [3.63, 3.8) is 0 Å². The van der Waals surface area contributed by atoms with E-state index in [1.54, 1.807) is 17.0 Å². The number of hydrogen-bond donors (Lipinski definition) is 3. The Balaban J connectivity index is 1.41. The molecule has 0 radical (unpaired) electrons. The summed E-state index contributed by atoms with van der Waals surface area (Å²) in [5, 5.41) is 7.52. The van der Waals surface area contributed by atoms with E-state index >= 15 is 0 Å². The van der Waals surface area contributed by atoms with Gasteiger partial charge in [0.15, 0.2) is 6.54 Å². The number of para-hydroxylation sites is 1. The highest BCUT2D eigenvalue weighted by Crippen LogP contribution is 2.18. The number of aryl methyl sites for hydroxylation is 2. The molecular formula is C21H27N4O3S+. The van der Waals surface area contributed by atoms with Crippen molar-refractivity contribution in [1.29, 1.82) is 0 Å². The molecule has 0 bridgehead atoms. The predicted molar refractivity (Wildman–Crippen MR) is 113 cm³/mol. The first-order chi connectivity index (χ1) is 13.9. The molecule has 0 aliphatic carbocycles. The normalized spacial score (nSPS) is 14.5. The summed E-state index contributed by atoms with van der Waals surface area (Å²) < 4.78 is 0. The van der Waals surface area contributed by atoms with E-state index in [9.17, 15) is 14.4 Å². The number of hydrogen-bond acceptors (Lipinski definition) is 4. The number of nitrogens with one attached hydrogen (secondary N) is 3. The SMILES string of the molecule is Cc1cccc(C)c1NC(=O)C[NH+]1CCN(C(=O)CNC(=O)c2cccs2)CC1. The van der Waals surface area contributed by atoms with Gasteiger partial charge < -0.3 is 20.4 Å². The van der Waals surface area contributed by atoms with E-state index in [1.165, 1.54) is 11.3 Å². The molecular weight excluding hydrogens is 388 g/mol. The van der Waals surface area contributed by atoms with Crippen molar-refractivity contribution in [2.24, 2.45) is 0 Å². The second kappa shape index (κ2) is 9.67. The molecule has 1 aromatic heterocycles. The van der Waals surface area contributed by atoms with Gasteiger partial charge in [0.1, 0.15) is 0 Å². The van der Waals surface area contributed by atoms with E-state index in [4.69, 9.17) is 0 Å². The Morgan fingerprint density at radius 1 is 1.07 bits per heavy atom. The third-order valence-corrected chi connectivity index (χ3v) is 5.99. The number of carbonyl (C=O) groups excluding carboxylic acids is 3. The maximum atomic E-state index is 12.4. The first-order valence-electron chi connectivity index (χ1n) is 9.73. The van der Waals surface area contributed by atoms with E-state index in [0.717, 1.165) is 21.7 Å². The van der Waals surface area contributed by atoms with Crippen LogP contribution >= 0.6 is 11.3 Å². The van der Waals surface area contributed by atoms with Crippen molar-refractivity contribution >= 4 is 34.7 Å². The molecule has 0 atom stereocenters. The molecule has 2 heterocycles. The van der Waals surface area contributed by atoms with Crippen LogP contribution in [0.25, 0.3) is 0 Å². The number of carbonyl (C=O) groups is 3. The lowest BCUT2D eigenvalue weighted by molar-refractivity contribution is -0.895. The van der Waals surface area contributed by atoms with Crippen LogP contribution in [0.5, 0.6) is 0 Å². The van der Waals surface area contributed by atoms with E-state index in [0.29, 0.717) is 37.6 Å². The molecule has 0 saturated carbocycles. The molecule has 2 aromatic rings. The first kappa shape index (κ1) is 21.0. The number of benzene rings is 1. The van der Waals surface area contributed by atoms with Crippen molar-refractivity contribution in [2.45, 2.75) is 13.8 Å². The van der Waals surface area contributed by atoms with Crippen LogP contribution < -0.4 is 15.5 Å². The van der Waals surface area contributed by atoms with Gasteiger partial charge in [-0.15, -0.1) is 11.3 Å². The molecule has 154 valence electrons. The minimum Gasteiger partial charge on any atom is -0.342 e. The molecule has 1 fully saturated rings. The summed E-state index contributed by atoms with van der Waals surface area (Å²) in [5.74, 6) is -0.324. The van der Waals surface area contributed by atoms with Crippen molar-refractivity contribution in [1.82, 2.24) is 10.2 Å². The van der Waals surface area contributed by atoms with Crippen LogP contribution in [0.4, 0.5) is 5.69 Å². The van der Waals surface area contributed by atoms with Gasteiger partial charge >= 0.3 is 0 Å². The van der Waals surface area contributed by atoms with Crippen molar-refractivity contribution in [3.8, 4) is 0 Å². The molecule has 8 heteroatoms. The van der Waals surface area contributed by atoms with Crippen LogP contribution in [-0.4, -0.2) is 61.9 Å². The summed E-state index contributed by atoms with van der Waals surface area (Å²) in [7, 11) is 0. The van der Waals surface area contributed by atoms with Gasteiger partial charge in [-0.05, 0) is 36.4 Å². The summed E-state index contributed by atoms with van der Waals surface area (Å²) in [6, 6.07) is 9.48. The van der Waals surface area contributed by atoms with Crippen LogP contribution in [0.2, 0.25) is 0 Å². The monoisotopic (exact) mass is 415 g/mol. The zero-order valence-corrected chi connectivity index (χ0v) is 17.6. The van der Waals surface area contributed by atoms with Crippen LogP contribution in [0, 0.1) is 13.8 Å². The molecule has 1 aliphatic heterocycles. The van der Waals surface area contributed by atoms with E-state index < -0.39 is 0 Å². The third-order valence-electron chi connectivity index (χ3n) is 5.12. The first-order valence-corrected chi connectivity index (χ1v) is 10.6. The third kappa shape index (κ3) is 5.65. The van der Waals surface area contributed by atoms with Gasteiger partial charge in [0.25, 0.3) is 11.8 Å². The lowest BCUT2D eigenvalue weighted by Gasteiger charge is -2.32.